The predicted molar refractivity (Wildman–Crippen MR) is 237 cm³/mol. The minimum atomic E-state index is 0.535. The average molecular weight is 741 g/mol. The summed E-state index contributed by atoms with van der Waals surface area (Å²) < 4.78 is 0. The second-order valence-electron chi connectivity index (χ2n) is 14.0. The standard InChI is InChI=1S/C52H32N6/c1-54-45-33-39(35-11-3-2-4-12-35)23-30-48(45)58(50-16-8-10-32-56-50)47-29-22-38-19-26-43-46(28-21-37-20-27-44(47)52(38)51(37)43)57(49-15-7-9-31-55-49)41-24-17-36(18-25-41)42-14-6-5-13-40(42)34-53/h2-33H. The number of aromatic nitrogens is 2. The Morgan fingerprint density at radius 2 is 1.03 bits per heavy atom. The molecule has 0 fully saturated rings. The van der Waals surface area contributed by atoms with Crippen molar-refractivity contribution in [1.29, 1.82) is 5.26 Å². The molecule has 0 saturated carbocycles. The molecule has 0 spiro atoms. The molecule has 6 nitrogen and oxygen atoms in total. The van der Waals surface area contributed by atoms with E-state index in [0.29, 0.717) is 11.3 Å². The van der Waals surface area contributed by atoms with Crippen molar-refractivity contribution in [3.05, 3.63) is 211 Å². The lowest BCUT2D eigenvalue weighted by Crippen LogP contribution is -2.13. The Morgan fingerprint density at radius 1 is 0.483 bits per heavy atom. The van der Waals surface area contributed by atoms with E-state index in [1.54, 1.807) is 6.20 Å². The zero-order chi connectivity index (χ0) is 39.0. The summed E-state index contributed by atoms with van der Waals surface area (Å²) in [5, 5.41) is 16.4. The molecule has 0 atom stereocenters. The van der Waals surface area contributed by atoms with E-state index in [1.807, 2.05) is 97.2 Å². The van der Waals surface area contributed by atoms with Gasteiger partial charge < -0.3 is 4.90 Å². The fraction of sp³-hybridized carbons (Fsp3) is 0. The van der Waals surface area contributed by atoms with Crippen molar-refractivity contribution < 1.29 is 0 Å². The number of rotatable bonds is 8. The highest BCUT2D eigenvalue weighted by Gasteiger charge is 2.24. The first kappa shape index (κ1) is 34.2. The molecule has 10 aromatic rings. The molecular formula is C52H32N6. The Balaban J connectivity index is 1.17. The fourth-order valence-electron chi connectivity index (χ4n) is 8.14. The van der Waals surface area contributed by atoms with Gasteiger partial charge in [0.05, 0.1) is 35.3 Å². The van der Waals surface area contributed by atoms with Gasteiger partial charge in [0.1, 0.15) is 11.6 Å². The van der Waals surface area contributed by atoms with Crippen LogP contribution in [0.3, 0.4) is 0 Å². The molecule has 10 rings (SSSR count). The molecule has 270 valence electrons. The number of nitriles is 1. The number of benzene rings is 8. The van der Waals surface area contributed by atoms with Gasteiger partial charge in [0.25, 0.3) is 0 Å². The first-order chi connectivity index (χ1) is 28.7. The lowest BCUT2D eigenvalue weighted by molar-refractivity contribution is 1.19. The molecule has 0 aliphatic rings. The summed E-state index contributed by atoms with van der Waals surface area (Å²) in [5.41, 5.74) is 8.70. The van der Waals surface area contributed by atoms with Crippen LogP contribution in [0.1, 0.15) is 5.56 Å². The van der Waals surface area contributed by atoms with Crippen molar-refractivity contribution in [2.75, 3.05) is 9.80 Å². The first-order valence-electron chi connectivity index (χ1n) is 19.0. The molecule has 2 heterocycles. The van der Waals surface area contributed by atoms with Crippen molar-refractivity contribution >= 4 is 72.4 Å². The van der Waals surface area contributed by atoms with E-state index >= 15 is 0 Å². The van der Waals surface area contributed by atoms with E-state index in [0.717, 1.165) is 89.0 Å². The molecular weight excluding hydrogens is 709 g/mol. The van der Waals surface area contributed by atoms with Crippen LogP contribution in [-0.2, 0) is 0 Å². The maximum absolute atomic E-state index is 9.79. The molecule has 6 heteroatoms. The van der Waals surface area contributed by atoms with Crippen LogP contribution in [0.25, 0.3) is 59.4 Å². The van der Waals surface area contributed by atoms with Crippen molar-refractivity contribution in [2.24, 2.45) is 0 Å². The maximum Gasteiger partial charge on any atom is 0.211 e. The van der Waals surface area contributed by atoms with Crippen LogP contribution in [0, 0.1) is 17.9 Å². The Hall–Kier alpha value is -8.32. The summed E-state index contributed by atoms with van der Waals surface area (Å²) in [6, 6.07) is 63.9. The van der Waals surface area contributed by atoms with Crippen LogP contribution in [0.5, 0.6) is 0 Å². The molecule has 8 aromatic carbocycles. The molecule has 0 unspecified atom stereocenters. The van der Waals surface area contributed by atoms with Gasteiger partial charge in [-0.05, 0) is 111 Å². The molecule has 2 aromatic heterocycles. The highest BCUT2D eigenvalue weighted by Crippen LogP contribution is 2.48. The van der Waals surface area contributed by atoms with Crippen molar-refractivity contribution in [3.63, 3.8) is 0 Å². The summed E-state index contributed by atoms with van der Waals surface area (Å²) in [4.78, 5) is 18.0. The fourth-order valence-corrected chi connectivity index (χ4v) is 8.14. The van der Waals surface area contributed by atoms with E-state index in [9.17, 15) is 5.26 Å². The number of nitrogens with zero attached hydrogens (tertiary/aromatic N) is 6. The molecule has 0 radical (unpaired) electrons. The van der Waals surface area contributed by atoms with Gasteiger partial charge >= 0.3 is 0 Å². The van der Waals surface area contributed by atoms with Gasteiger partial charge in [-0.3, -0.25) is 4.90 Å². The number of pyridine rings is 2. The van der Waals surface area contributed by atoms with E-state index in [1.165, 1.54) is 0 Å². The maximum atomic E-state index is 9.79. The van der Waals surface area contributed by atoms with Gasteiger partial charge in [0.2, 0.25) is 5.69 Å². The zero-order valence-electron chi connectivity index (χ0n) is 31.2. The van der Waals surface area contributed by atoms with Crippen LogP contribution in [-0.4, -0.2) is 9.97 Å². The zero-order valence-corrected chi connectivity index (χ0v) is 31.2. The normalized spacial score (nSPS) is 11.1. The van der Waals surface area contributed by atoms with E-state index in [4.69, 9.17) is 16.5 Å². The molecule has 58 heavy (non-hydrogen) atoms. The summed E-state index contributed by atoms with van der Waals surface area (Å²) in [6.07, 6.45) is 3.61. The average Bonchev–Trinajstić information content (AvgIpc) is 3.30. The predicted octanol–water partition coefficient (Wildman–Crippen LogP) is 14.1. The van der Waals surface area contributed by atoms with Crippen LogP contribution in [0.2, 0.25) is 0 Å². The van der Waals surface area contributed by atoms with Gasteiger partial charge in [-0.25, -0.2) is 14.8 Å². The molecule has 0 bridgehead atoms. The van der Waals surface area contributed by atoms with Crippen molar-refractivity contribution in [1.82, 2.24) is 9.97 Å². The third kappa shape index (κ3) is 5.81. The lowest BCUT2D eigenvalue weighted by Gasteiger charge is -2.29. The van der Waals surface area contributed by atoms with E-state index in [2.05, 4.69) is 112 Å². The van der Waals surface area contributed by atoms with Crippen LogP contribution in [0.15, 0.2) is 194 Å². The van der Waals surface area contributed by atoms with Gasteiger partial charge in [-0.2, -0.15) is 5.26 Å². The number of hydrogen-bond donors (Lipinski definition) is 0. The molecule has 0 amide bonds. The third-order valence-electron chi connectivity index (χ3n) is 10.8. The smallest absolute Gasteiger partial charge is 0.211 e. The second-order valence-corrected chi connectivity index (χ2v) is 14.0. The monoisotopic (exact) mass is 740 g/mol. The van der Waals surface area contributed by atoms with E-state index in [-0.39, 0.29) is 0 Å². The quantitative estimate of drug-likeness (QED) is 0.115. The molecule has 0 aliphatic heterocycles. The number of hydrogen-bond acceptors (Lipinski definition) is 5. The van der Waals surface area contributed by atoms with Crippen LogP contribution < -0.4 is 9.80 Å². The minimum absolute atomic E-state index is 0.535. The summed E-state index contributed by atoms with van der Waals surface area (Å²) in [6.45, 7) is 8.33. The Labute approximate surface area is 335 Å². The molecule has 0 aliphatic carbocycles. The highest BCUT2D eigenvalue weighted by molar-refractivity contribution is 6.28. The Bertz CT molecular complexity index is 3190. The number of anilines is 6. The Morgan fingerprint density at radius 3 is 1.66 bits per heavy atom. The van der Waals surface area contributed by atoms with Gasteiger partial charge in [0, 0.05) is 28.9 Å². The van der Waals surface area contributed by atoms with Crippen LogP contribution >= 0.6 is 0 Å². The van der Waals surface area contributed by atoms with Gasteiger partial charge in [-0.1, -0.05) is 115 Å². The van der Waals surface area contributed by atoms with E-state index < -0.39 is 0 Å². The van der Waals surface area contributed by atoms with Gasteiger partial charge in [-0.15, -0.1) is 0 Å². The topological polar surface area (TPSA) is 60.4 Å². The van der Waals surface area contributed by atoms with Gasteiger partial charge in [0.15, 0.2) is 0 Å². The minimum Gasteiger partial charge on any atom is -0.304 e. The highest BCUT2D eigenvalue weighted by atomic mass is 15.2. The van der Waals surface area contributed by atoms with Crippen LogP contribution in [0.4, 0.5) is 40.1 Å². The molecule has 0 N–H and O–H groups in total. The Kier molecular flexibility index (Phi) is 8.49. The lowest BCUT2D eigenvalue weighted by atomic mass is 9.91. The summed E-state index contributed by atoms with van der Waals surface area (Å²) in [5.74, 6) is 1.51. The summed E-state index contributed by atoms with van der Waals surface area (Å²) >= 11 is 0. The van der Waals surface area contributed by atoms with Crippen molar-refractivity contribution in [2.45, 2.75) is 0 Å². The first-order valence-corrected chi connectivity index (χ1v) is 19.0. The third-order valence-corrected chi connectivity index (χ3v) is 10.8. The second kappa shape index (κ2) is 14.4. The molecule has 0 saturated heterocycles. The largest absolute Gasteiger partial charge is 0.304 e. The van der Waals surface area contributed by atoms with Crippen molar-refractivity contribution in [3.8, 4) is 28.3 Å². The SMILES string of the molecule is [C-]#[N+]c1cc(-c2ccccc2)ccc1N(c1ccccn1)c1ccc2ccc3c(N(c4ccc(-c5ccccc5C#N)cc4)c4ccccn4)ccc4ccc1c2c43. The summed E-state index contributed by atoms with van der Waals surface area (Å²) in [7, 11) is 0.